The maximum atomic E-state index is 12.3. The van der Waals surface area contributed by atoms with E-state index in [0.29, 0.717) is 0 Å². The normalized spacial score (nSPS) is 29.0. The van der Waals surface area contributed by atoms with E-state index in [1.165, 1.54) is 13.0 Å². The maximum absolute atomic E-state index is 12.3. The number of phosphoric acid groups is 3. The molecule has 0 spiro atoms. The molecule has 1 aliphatic heterocycles. The van der Waals surface area contributed by atoms with Crippen LogP contribution in [-0.2, 0) is 31.6 Å². The number of nitrogen functional groups attached to an aromatic ring is 1. The molecule has 186 valence electrons. The summed E-state index contributed by atoms with van der Waals surface area (Å²) in [4.78, 5) is 51.5. The quantitative estimate of drug-likeness (QED) is 0.144. The number of aliphatic hydroxyl groups is 2. The van der Waals surface area contributed by atoms with Crippen molar-refractivity contribution in [3.63, 3.8) is 0 Å². The van der Waals surface area contributed by atoms with Crippen molar-refractivity contribution in [2.75, 3.05) is 12.3 Å². The van der Waals surface area contributed by atoms with Gasteiger partial charge in [0.15, 0.2) is 6.23 Å². The molecule has 3 unspecified atom stereocenters. The van der Waals surface area contributed by atoms with Gasteiger partial charge >= 0.3 is 29.2 Å². The van der Waals surface area contributed by atoms with Gasteiger partial charge < -0.3 is 40.3 Å². The molecule has 0 radical (unpaired) electrons. The monoisotopic (exact) mass is 555 g/mol. The third-order valence-corrected chi connectivity index (χ3v) is 7.85. The van der Waals surface area contributed by atoms with Gasteiger partial charge in [0.2, 0.25) is 5.60 Å². The number of hydrogen-bond acceptors (Lipinski definition) is 12. The smallest absolute Gasteiger partial charge is 0.386 e. The second-order valence-corrected chi connectivity index (χ2v) is 11.0. The summed E-state index contributed by atoms with van der Waals surface area (Å²) >= 11 is 5.33. The molecule has 0 aliphatic carbocycles. The molecule has 1 aliphatic rings. The molecule has 2 rings (SSSR count). The molecule has 0 amide bonds. The van der Waals surface area contributed by atoms with E-state index in [0.717, 1.165) is 4.57 Å². The molecule has 2 heterocycles. The number of ether oxygens (including phenoxy) is 1. The highest BCUT2D eigenvalue weighted by molar-refractivity contribution is 7.66. The molecule has 0 saturated carbocycles. The third kappa shape index (κ3) is 6.92. The van der Waals surface area contributed by atoms with Gasteiger partial charge in [0.1, 0.15) is 18.0 Å². The zero-order chi connectivity index (χ0) is 25.4. The first-order valence-corrected chi connectivity index (χ1v) is 13.1. The molecule has 0 aromatic carbocycles. The molecular formula is C12H17ClN3O14P3. The minimum atomic E-state index is -5.79. The van der Waals surface area contributed by atoms with E-state index in [1.807, 2.05) is 11.3 Å². The Hall–Kier alpha value is -1.18. The highest BCUT2D eigenvalue weighted by atomic mass is 35.5. The lowest BCUT2D eigenvalue weighted by atomic mass is 9.95. The van der Waals surface area contributed by atoms with Crippen molar-refractivity contribution in [1.29, 1.82) is 0 Å². The molecule has 1 aromatic heterocycles. The first kappa shape index (κ1) is 28.1. The number of aromatic nitrogens is 2. The van der Waals surface area contributed by atoms with Crippen LogP contribution in [0.15, 0.2) is 10.9 Å². The van der Waals surface area contributed by atoms with E-state index in [1.54, 1.807) is 0 Å². The zero-order valence-electron chi connectivity index (χ0n) is 16.2. The Kier molecular flexibility index (Phi) is 8.35. The van der Waals surface area contributed by atoms with Crippen LogP contribution >= 0.6 is 35.1 Å². The van der Waals surface area contributed by atoms with Crippen LogP contribution in [0.5, 0.6) is 0 Å². The number of nitrogens with zero attached hydrogens (tertiary/aromatic N) is 2. The highest BCUT2D eigenvalue weighted by Gasteiger charge is 2.57. The van der Waals surface area contributed by atoms with Crippen molar-refractivity contribution in [2.24, 2.45) is 0 Å². The molecule has 17 nitrogen and oxygen atoms in total. The van der Waals surface area contributed by atoms with Crippen LogP contribution in [0.3, 0.4) is 0 Å². The summed E-state index contributed by atoms with van der Waals surface area (Å²) in [5.41, 5.74) is 1.97. The van der Waals surface area contributed by atoms with Crippen LogP contribution in [0.4, 0.5) is 5.82 Å². The topological polar surface area (TPSA) is 270 Å². The van der Waals surface area contributed by atoms with Crippen LogP contribution in [-0.4, -0.2) is 63.8 Å². The number of rotatable bonds is 8. The van der Waals surface area contributed by atoms with Crippen LogP contribution in [0, 0.1) is 18.2 Å². The highest BCUT2D eigenvalue weighted by Crippen LogP contribution is 2.66. The fourth-order valence-electron chi connectivity index (χ4n) is 2.76. The van der Waals surface area contributed by atoms with Crippen molar-refractivity contribution in [2.45, 2.75) is 31.0 Å². The Morgan fingerprint density at radius 2 is 1.88 bits per heavy atom. The summed E-state index contributed by atoms with van der Waals surface area (Å²) < 4.78 is 51.5. The lowest BCUT2D eigenvalue weighted by Gasteiger charge is -2.27. The predicted octanol–water partition coefficient (Wildman–Crippen LogP) is -1.33. The van der Waals surface area contributed by atoms with E-state index in [4.69, 9.17) is 36.8 Å². The van der Waals surface area contributed by atoms with Gasteiger partial charge in [-0.05, 0) is 30.5 Å². The Bertz CT molecular complexity index is 1180. The summed E-state index contributed by atoms with van der Waals surface area (Å²) in [5, 5.41) is 23.1. The molecule has 33 heavy (non-hydrogen) atoms. The standard InChI is InChI=1S/C12H17ClN3O14P3/c1-6-4-8(14)15-11(18)16(6)10-12(19,2-3-13)9(17)7(28-10)5-27-32(23,24)30-33(25,26)29-31(20,21)22/h4,7,9-10,17,19H,5H2,1H3,(H,23,24)(H,25,26)(H2,14,15,18)(H2,20,21,22)/t7-,9+,10-,12?/m1/s1. The fraction of sp³-hybridized carbons (Fsp3) is 0.500. The Morgan fingerprint density at radius 1 is 1.27 bits per heavy atom. The van der Waals surface area contributed by atoms with E-state index in [-0.39, 0.29) is 11.5 Å². The second kappa shape index (κ2) is 9.82. The van der Waals surface area contributed by atoms with Crippen LogP contribution in [0.2, 0.25) is 0 Å². The fourth-order valence-corrected chi connectivity index (χ4v) is 5.94. The van der Waals surface area contributed by atoms with Crippen molar-refractivity contribution in [1.82, 2.24) is 9.55 Å². The van der Waals surface area contributed by atoms with Gasteiger partial charge in [0.05, 0.1) is 6.61 Å². The lowest BCUT2D eigenvalue weighted by molar-refractivity contribution is -0.0770. The van der Waals surface area contributed by atoms with Crippen molar-refractivity contribution in [3.05, 3.63) is 22.2 Å². The van der Waals surface area contributed by atoms with Crippen molar-refractivity contribution < 1.29 is 61.4 Å². The summed E-state index contributed by atoms with van der Waals surface area (Å²) in [5.74, 6) is 1.88. The van der Waals surface area contributed by atoms with Gasteiger partial charge in [-0.1, -0.05) is 0 Å². The van der Waals surface area contributed by atoms with Gasteiger partial charge in [-0.25, -0.2) is 18.5 Å². The Balaban J connectivity index is 2.28. The predicted molar refractivity (Wildman–Crippen MR) is 106 cm³/mol. The molecule has 1 fully saturated rings. The number of nitrogens with two attached hydrogens (primary N) is 1. The lowest BCUT2D eigenvalue weighted by Crippen LogP contribution is -2.48. The van der Waals surface area contributed by atoms with Gasteiger partial charge in [0, 0.05) is 11.1 Å². The first-order chi connectivity index (χ1) is 14.9. The molecule has 6 atom stereocenters. The van der Waals surface area contributed by atoms with Crippen molar-refractivity contribution >= 4 is 40.9 Å². The van der Waals surface area contributed by atoms with Crippen LogP contribution in [0.1, 0.15) is 11.9 Å². The van der Waals surface area contributed by atoms with E-state index in [9.17, 15) is 33.6 Å². The summed E-state index contributed by atoms with van der Waals surface area (Å²) in [6, 6.07) is 1.23. The molecular weight excluding hydrogens is 539 g/mol. The van der Waals surface area contributed by atoms with Gasteiger partial charge in [-0.3, -0.25) is 9.09 Å². The van der Waals surface area contributed by atoms with Gasteiger partial charge in [0.25, 0.3) is 0 Å². The first-order valence-electron chi connectivity index (χ1n) is 8.23. The summed E-state index contributed by atoms with van der Waals surface area (Å²) in [6.45, 7) is 0.243. The molecule has 1 aromatic rings. The maximum Gasteiger partial charge on any atom is 0.490 e. The Morgan fingerprint density at radius 3 is 2.39 bits per heavy atom. The van der Waals surface area contributed by atoms with E-state index >= 15 is 0 Å². The molecule has 0 bridgehead atoms. The largest absolute Gasteiger partial charge is 0.490 e. The molecule has 21 heteroatoms. The van der Waals surface area contributed by atoms with Crippen LogP contribution < -0.4 is 11.4 Å². The van der Waals surface area contributed by atoms with Crippen LogP contribution in [0.25, 0.3) is 0 Å². The van der Waals surface area contributed by atoms with E-state index in [2.05, 4.69) is 18.1 Å². The minimum Gasteiger partial charge on any atom is -0.386 e. The van der Waals surface area contributed by atoms with Crippen molar-refractivity contribution in [3.8, 4) is 11.3 Å². The second-order valence-electron chi connectivity index (χ2n) is 6.38. The third-order valence-electron chi connectivity index (χ3n) is 3.95. The molecule has 1 saturated heterocycles. The zero-order valence-corrected chi connectivity index (χ0v) is 19.6. The average Bonchev–Trinajstić information content (AvgIpc) is 2.81. The Labute approximate surface area is 189 Å². The SMILES string of the molecule is Cc1cc(N)nc(=O)n1[C@@H]1O[C@H](COP(=O)(O)OP(=O)(O)OP(=O)(O)O)[C@H](O)C1(O)C#CCl. The number of halogens is 1. The number of anilines is 1. The number of aliphatic hydroxyl groups excluding tert-OH is 1. The van der Waals surface area contributed by atoms with Gasteiger partial charge in [-0.15, -0.1) is 0 Å². The number of hydrogen-bond donors (Lipinski definition) is 7. The minimum absolute atomic E-state index is 0.105. The summed E-state index contributed by atoms with van der Waals surface area (Å²) in [7, 11) is -17.0. The number of phosphoric ester groups is 1. The summed E-state index contributed by atoms with van der Waals surface area (Å²) in [6.07, 6.45) is -5.56. The number of aryl methyl sites for hydroxylation is 1. The molecule has 8 N–H and O–H groups in total. The average molecular weight is 556 g/mol. The van der Waals surface area contributed by atoms with E-state index < -0.39 is 59.8 Å². The van der Waals surface area contributed by atoms with Gasteiger partial charge in [-0.2, -0.15) is 13.6 Å².